The number of pyridine rings is 2. The van der Waals surface area contributed by atoms with E-state index in [2.05, 4.69) is 53.0 Å². The van der Waals surface area contributed by atoms with Gasteiger partial charge in [0.15, 0.2) is 11.6 Å². The molecule has 0 unspecified atom stereocenters. The maximum Gasteiger partial charge on any atom is 0.159 e. The summed E-state index contributed by atoms with van der Waals surface area (Å²) in [5.41, 5.74) is 5.39. The Bertz CT molecular complexity index is 1630. The Balaban J connectivity index is 1.24. The summed E-state index contributed by atoms with van der Waals surface area (Å²) in [6.07, 6.45) is 9.20. The van der Waals surface area contributed by atoms with Crippen LogP contribution in [0, 0.1) is 5.82 Å². The fourth-order valence-electron chi connectivity index (χ4n) is 5.82. The molecule has 2 N–H and O–H groups in total. The first-order valence-corrected chi connectivity index (χ1v) is 13.8. The van der Waals surface area contributed by atoms with E-state index < -0.39 is 0 Å². The molecule has 0 bridgehead atoms. The number of fused-ring (bicyclic) bond motifs is 2. The lowest BCUT2D eigenvalue weighted by Crippen LogP contribution is -2.44. The zero-order valence-corrected chi connectivity index (χ0v) is 22.1. The molecular formula is C29H32FN9. The number of H-pyrrole nitrogens is 2. The van der Waals surface area contributed by atoms with E-state index in [1.54, 1.807) is 6.20 Å². The lowest BCUT2D eigenvalue weighted by molar-refractivity contribution is 0.220. The van der Waals surface area contributed by atoms with Gasteiger partial charge in [-0.3, -0.25) is 15.0 Å². The van der Waals surface area contributed by atoms with Gasteiger partial charge in [0.2, 0.25) is 0 Å². The van der Waals surface area contributed by atoms with Crippen molar-refractivity contribution in [1.29, 1.82) is 0 Å². The van der Waals surface area contributed by atoms with Crippen molar-refractivity contribution in [2.24, 2.45) is 0 Å². The van der Waals surface area contributed by atoms with Crippen molar-refractivity contribution in [3.8, 4) is 22.6 Å². The fraction of sp³-hybridized carbons (Fsp3) is 0.379. The standard InChI is InChI=1S/C29H32FN9/c1-37-9-11-39(12-10-37)29-27-24(5-6-32-29)33-28(34-27)26-22-14-21(23(30)15-25(22)35-36-26)20-13-19(16-31-17-20)18-38-7-3-2-4-8-38/h5-6,13-17H,2-4,7-12,18H2,1H3,(H,33,34)(H,35,36). The highest BCUT2D eigenvalue weighted by molar-refractivity contribution is 5.97. The molecule has 2 aliphatic rings. The van der Waals surface area contributed by atoms with Crippen LogP contribution in [0.3, 0.4) is 0 Å². The zero-order chi connectivity index (χ0) is 26.3. The number of rotatable bonds is 5. The minimum absolute atomic E-state index is 0.305. The van der Waals surface area contributed by atoms with E-state index in [-0.39, 0.29) is 5.82 Å². The van der Waals surface area contributed by atoms with Crippen molar-refractivity contribution >= 4 is 27.8 Å². The quantitative estimate of drug-likeness (QED) is 0.350. The van der Waals surface area contributed by atoms with Crippen LogP contribution in [0.25, 0.3) is 44.6 Å². The molecule has 39 heavy (non-hydrogen) atoms. The number of halogens is 1. The van der Waals surface area contributed by atoms with Crippen molar-refractivity contribution in [3.63, 3.8) is 0 Å². The van der Waals surface area contributed by atoms with Gasteiger partial charge >= 0.3 is 0 Å². The van der Waals surface area contributed by atoms with Crippen LogP contribution >= 0.6 is 0 Å². The number of benzene rings is 1. The van der Waals surface area contributed by atoms with E-state index in [4.69, 9.17) is 4.98 Å². The van der Waals surface area contributed by atoms with Crippen LogP contribution in [0.1, 0.15) is 24.8 Å². The second-order valence-corrected chi connectivity index (χ2v) is 10.8. The van der Waals surface area contributed by atoms with Gasteiger partial charge in [-0.1, -0.05) is 6.42 Å². The number of hydrogen-bond acceptors (Lipinski definition) is 7. The molecule has 0 amide bonds. The van der Waals surface area contributed by atoms with Crippen LogP contribution in [0.4, 0.5) is 10.2 Å². The Morgan fingerprint density at radius 1 is 0.949 bits per heavy atom. The second kappa shape index (κ2) is 10.0. The zero-order valence-electron chi connectivity index (χ0n) is 22.1. The highest BCUT2D eigenvalue weighted by Gasteiger charge is 2.22. The number of aromatic amines is 2. The van der Waals surface area contributed by atoms with E-state index >= 15 is 4.39 Å². The minimum Gasteiger partial charge on any atom is -0.352 e. The molecule has 2 saturated heterocycles. The minimum atomic E-state index is -0.305. The summed E-state index contributed by atoms with van der Waals surface area (Å²) in [6.45, 7) is 6.83. The Morgan fingerprint density at radius 2 is 1.79 bits per heavy atom. The van der Waals surface area contributed by atoms with Gasteiger partial charge in [-0.2, -0.15) is 5.10 Å². The van der Waals surface area contributed by atoms with Crippen LogP contribution in [0.15, 0.2) is 42.9 Å². The molecule has 0 aliphatic carbocycles. The summed E-state index contributed by atoms with van der Waals surface area (Å²) in [5, 5.41) is 8.34. The van der Waals surface area contributed by atoms with Gasteiger partial charge in [-0.05, 0) is 56.7 Å². The largest absolute Gasteiger partial charge is 0.352 e. The summed E-state index contributed by atoms with van der Waals surface area (Å²) in [4.78, 5) is 24.5. The maximum absolute atomic E-state index is 15.3. The molecule has 0 atom stereocenters. The van der Waals surface area contributed by atoms with E-state index in [1.807, 2.05) is 24.5 Å². The third kappa shape index (κ3) is 4.63. The van der Waals surface area contributed by atoms with Crippen molar-refractivity contribution in [2.45, 2.75) is 25.8 Å². The summed E-state index contributed by atoms with van der Waals surface area (Å²) in [5.74, 6) is 1.21. The second-order valence-electron chi connectivity index (χ2n) is 10.8. The van der Waals surface area contributed by atoms with Crippen molar-refractivity contribution in [1.82, 2.24) is 39.9 Å². The molecule has 2 fully saturated rings. The van der Waals surface area contributed by atoms with E-state index in [0.29, 0.717) is 22.6 Å². The van der Waals surface area contributed by atoms with Gasteiger partial charge in [0, 0.05) is 73.9 Å². The molecule has 1 aromatic carbocycles. The summed E-state index contributed by atoms with van der Waals surface area (Å²) >= 11 is 0. The number of likely N-dealkylation sites (tertiary alicyclic amines) is 1. The average Bonchev–Trinajstić information content (AvgIpc) is 3.57. The molecule has 4 aromatic heterocycles. The first-order chi connectivity index (χ1) is 19.1. The van der Waals surface area contributed by atoms with E-state index in [1.165, 1.54) is 25.3 Å². The highest BCUT2D eigenvalue weighted by Crippen LogP contribution is 2.34. The van der Waals surface area contributed by atoms with Crippen LogP contribution < -0.4 is 4.90 Å². The van der Waals surface area contributed by atoms with Gasteiger partial charge in [0.1, 0.15) is 17.0 Å². The third-order valence-electron chi connectivity index (χ3n) is 8.02. The molecular weight excluding hydrogens is 493 g/mol. The van der Waals surface area contributed by atoms with Gasteiger partial charge < -0.3 is 14.8 Å². The van der Waals surface area contributed by atoms with Crippen molar-refractivity contribution in [3.05, 3.63) is 54.2 Å². The number of nitrogens with one attached hydrogen (secondary N) is 2. The Labute approximate surface area is 226 Å². The van der Waals surface area contributed by atoms with Crippen LogP contribution in [0.5, 0.6) is 0 Å². The van der Waals surface area contributed by atoms with Gasteiger partial charge in [0.25, 0.3) is 0 Å². The summed E-state index contributed by atoms with van der Waals surface area (Å²) in [6, 6.07) is 7.36. The third-order valence-corrected chi connectivity index (χ3v) is 8.02. The Morgan fingerprint density at radius 3 is 2.64 bits per heavy atom. The normalized spacial score (nSPS) is 17.4. The number of aromatic nitrogens is 6. The number of anilines is 1. The number of nitrogens with zero attached hydrogens (tertiary/aromatic N) is 7. The number of imidazole rings is 1. The molecule has 0 saturated carbocycles. The average molecular weight is 526 g/mol. The molecule has 5 aromatic rings. The number of piperazine rings is 1. The molecule has 9 nitrogen and oxygen atoms in total. The lowest BCUT2D eigenvalue weighted by atomic mass is 10.0. The first kappa shape index (κ1) is 24.2. The summed E-state index contributed by atoms with van der Waals surface area (Å²) in [7, 11) is 2.14. The van der Waals surface area contributed by atoms with E-state index in [9.17, 15) is 0 Å². The Hall–Kier alpha value is -3.89. The van der Waals surface area contributed by atoms with E-state index in [0.717, 1.165) is 79.2 Å². The number of likely N-dealkylation sites (N-methyl/N-ethyl adjacent to an activating group) is 1. The predicted molar refractivity (Wildman–Crippen MR) is 151 cm³/mol. The van der Waals surface area contributed by atoms with Gasteiger partial charge in [-0.25, -0.2) is 14.4 Å². The molecule has 2 aliphatic heterocycles. The SMILES string of the molecule is CN1CCN(c2nccc3[nH]c(-c4n[nH]c5cc(F)c(-c6cncc(CN7CCCCC7)c6)cc45)nc23)CC1. The van der Waals surface area contributed by atoms with Crippen molar-refractivity contribution < 1.29 is 4.39 Å². The molecule has 10 heteroatoms. The lowest BCUT2D eigenvalue weighted by Gasteiger charge is -2.33. The number of piperidine rings is 1. The number of hydrogen-bond donors (Lipinski definition) is 2. The maximum atomic E-state index is 15.3. The van der Waals surface area contributed by atoms with Crippen molar-refractivity contribution in [2.75, 3.05) is 51.2 Å². The first-order valence-electron chi connectivity index (χ1n) is 13.8. The molecule has 6 heterocycles. The van der Waals surface area contributed by atoms with Crippen LogP contribution in [-0.4, -0.2) is 86.2 Å². The molecule has 0 radical (unpaired) electrons. The topological polar surface area (TPSA) is 92.9 Å². The van der Waals surface area contributed by atoms with Gasteiger partial charge in [-0.15, -0.1) is 0 Å². The molecule has 7 rings (SSSR count). The molecule has 200 valence electrons. The molecule has 0 spiro atoms. The van der Waals surface area contributed by atoms with Gasteiger partial charge in [0.05, 0.1) is 11.0 Å². The smallest absolute Gasteiger partial charge is 0.159 e. The predicted octanol–water partition coefficient (Wildman–Crippen LogP) is 4.44. The highest BCUT2D eigenvalue weighted by atomic mass is 19.1. The van der Waals surface area contributed by atoms with Crippen LogP contribution in [-0.2, 0) is 6.54 Å². The van der Waals surface area contributed by atoms with Crippen LogP contribution in [0.2, 0.25) is 0 Å². The summed E-state index contributed by atoms with van der Waals surface area (Å²) < 4.78 is 15.3. The fourth-order valence-corrected chi connectivity index (χ4v) is 5.82. The Kier molecular flexibility index (Phi) is 6.21. The monoisotopic (exact) mass is 525 g/mol.